The molecule has 1 aliphatic carbocycles. The Hall–Kier alpha value is -5.20. The van der Waals surface area contributed by atoms with Crippen LogP contribution in [0.1, 0.15) is 38.3 Å². The van der Waals surface area contributed by atoms with Gasteiger partial charge in [0.15, 0.2) is 0 Å². The summed E-state index contributed by atoms with van der Waals surface area (Å²) in [6, 6.07) is 28.8. The predicted molar refractivity (Wildman–Crippen MR) is 198 cm³/mol. The number of fused-ring (bicyclic) bond motifs is 1. The highest BCUT2D eigenvalue weighted by Gasteiger charge is 2.61. The molecule has 4 atom stereocenters. The summed E-state index contributed by atoms with van der Waals surface area (Å²) in [7, 11) is -4.35. The van der Waals surface area contributed by atoms with E-state index in [9.17, 15) is 22.8 Å². The molecule has 4 unspecified atom stereocenters. The number of nitrogens with one attached hydrogen (secondary N) is 3. The second kappa shape index (κ2) is 14.8. The van der Waals surface area contributed by atoms with Crippen LogP contribution in [0.2, 0.25) is 0 Å². The van der Waals surface area contributed by atoms with Crippen LogP contribution in [0, 0.1) is 11.8 Å². The zero-order valence-corrected chi connectivity index (χ0v) is 30.3. The Labute approximate surface area is 304 Å². The van der Waals surface area contributed by atoms with Gasteiger partial charge in [-0.15, -0.1) is 6.58 Å². The van der Waals surface area contributed by atoms with E-state index in [-0.39, 0.29) is 24.5 Å². The van der Waals surface area contributed by atoms with Crippen molar-refractivity contribution in [3.05, 3.63) is 121 Å². The van der Waals surface area contributed by atoms with Gasteiger partial charge in [-0.05, 0) is 61.2 Å². The molecule has 0 bridgehead atoms. The van der Waals surface area contributed by atoms with Gasteiger partial charge >= 0.3 is 6.09 Å². The number of hydrogen-bond acceptors (Lipinski definition) is 8. The minimum Gasteiger partial charge on any atom is -0.489 e. The highest BCUT2D eigenvalue weighted by Crippen LogP contribution is 2.45. The van der Waals surface area contributed by atoms with Crippen LogP contribution in [0.4, 0.5) is 4.79 Å². The van der Waals surface area contributed by atoms with Crippen molar-refractivity contribution in [2.24, 2.45) is 11.8 Å². The molecule has 4 aromatic rings. The molecule has 12 heteroatoms. The third-order valence-electron chi connectivity index (χ3n) is 9.35. The molecule has 6 rings (SSSR count). The number of rotatable bonds is 12. The molecule has 0 aromatic heterocycles. The highest BCUT2D eigenvalue weighted by atomic mass is 32.2. The quantitative estimate of drug-likeness (QED) is 0.167. The number of alkyl carbamates (subject to hydrolysis) is 1. The van der Waals surface area contributed by atoms with E-state index in [1.807, 2.05) is 72.8 Å². The van der Waals surface area contributed by atoms with Gasteiger partial charge in [0.05, 0.1) is 16.9 Å². The molecule has 1 heterocycles. The zero-order chi connectivity index (χ0) is 37.1. The lowest BCUT2D eigenvalue weighted by Gasteiger charge is -2.25. The lowest BCUT2D eigenvalue weighted by atomic mass is 10.0. The summed E-state index contributed by atoms with van der Waals surface area (Å²) in [6.45, 7) is 10.5. The molecule has 1 saturated carbocycles. The fourth-order valence-electron chi connectivity index (χ4n) is 6.65. The standard InChI is InChI=1S/C40H44N4O7S/c1-5-30-22-40(30,37(46)43-52(48,49)32-19-12-18-31(21-32)50-26-27-13-7-6-8-14-27)42-36(45)34-24-44(25-35(34)41-38(47)51-39(2,3)4)23-29-17-11-16-28-15-9-10-20-33(28)29/h5-21,30,34-35H,1,22-26H2,2-4H3,(H,41,47)(H,42,45)(H,43,46). The summed E-state index contributed by atoms with van der Waals surface area (Å²) in [6.07, 6.45) is 1.04. The first-order valence-corrected chi connectivity index (χ1v) is 18.7. The predicted octanol–water partition coefficient (Wildman–Crippen LogP) is 5.31. The van der Waals surface area contributed by atoms with Crippen LogP contribution in [0.25, 0.3) is 10.8 Å². The van der Waals surface area contributed by atoms with E-state index in [2.05, 4.69) is 26.8 Å². The monoisotopic (exact) mass is 724 g/mol. The first-order chi connectivity index (χ1) is 24.8. The number of carbonyl (C=O) groups excluding carboxylic acids is 3. The second-order valence-corrected chi connectivity index (χ2v) is 16.1. The van der Waals surface area contributed by atoms with Gasteiger partial charge in [-0.1, -0.05) is 84.9 Å². The molecular formula is C40H44N4O7S. The van der Waals surface area contributed by atoms with E-state index in [0.717, 1.165) is 21.9 Å². The summed E-state index contributed by atoms with van der Waals surface area (Å²) >= 11 is 0. The Morgan fingerprint density at radius 2 is 1.65 bits per heavy atom. The van der Waals surface area contributed by atoms with Crippen LogP contribution in [0.5, 0.6) is 5.75 Å². The first-order valence-electron chi connectivity index (χ1n) is 17.2. The molecule has 52 heavy (non-hydrogen) atoms. The van der Waals surface area contributed by atoms with Gasteiger partial charge in [0.1, 0.15) is 23.5 Å². The Balaban J connectivity index is 1.18. The van der Waals surface area contributed by atoms with Gasteiger partial charge in [0, 0.05) is 31.6 Å². The third kappa shape index (κ3) is 8.46. The van der Waals surface area contributed by atoms with Crippen LogP contribution in [-0.2, 0) is 37.5 Å². The number of nitrogens with zero attached hydrogens (tertiary/aromatic N) is 1. The number of amides is 3. The molecule has 3 amide bonds. The van der Waals surface area contributed by atoms with Gasteiger partial charge in [-0.2, -0.15) is 0 Å². The molecular weight excluding hydrogens is 681 g/mol. The Morgan fingerprint density at radius 1 is 0.942 bits per heavy atom. The summed E-state index contributed by atoms with van der Waals surface area (Å²) in [5, 5.41) is 7.93. The third-order valence-corrected chi connectivity index (χ3v) is 10.7. The van der Waals surface area contributed by atoms with Crippen molar-refractivity contribution in [1.29, 1.82) is 0 Å². The SMILES string of the molecule is C=CC1CC1(NC(=O)C1CN(Cc2cccc3ccccc23)CC1NC(=O)OC(C)(C)C)C(=O)NS(=O)(=O)c1cccc(OCc2ccccc2)c1. The number of ether oxygens (including phenoxy) is 2. The fourth-order valence-corrected chi connectivity index (χ4v) is 7.72. The number of likely N-dealkylation sites (tertiary alicyclic amines) is 1. The average molecular weight is 725 g/mol. The van der Waals surface area contributed by atoms with Crippen LogP contribution in [-0.4, -0.2) is 61.5 Å². The molecule has 1 aliphatic heterocycles. The lowest BCUT2D eigenvalue weighted by molar-refractivity contribution is -0.131. The van der Waals surface area contributed by atoms with Crippen molar-refractivity contribution in [2.45, 2.75) is 62.4 Å². The molecule has 3 N–H and O–H groups in total. The van der Waals surface area contributed by atoms with Gasteiger partial charge < -0.3 is 20.1 Å². The molecule has 4 aromatic carbocycles. The lowest BCUT2D eigenvalue weighted by Crippen LogP contribution is -2.55. The fraction of sp³-hybridized carbons (Fsp3) is 0.325. The van der Waals surface area contributed by atoms with Crippen molar-refractivity contribution < 1.29 is 32.3 Å². The Kier molecular flexibility index (Phi) is 10.4. The van der Waals surface area contributed by atoms with Crippen molar-refractivity contribution in [3.8, 4) is 5.75 Å². The summed E-state index contributed by atoms with van der Waals surface area (Å²) in [4.78, 5) is 42.7. The van der Waals surface area contributed by atoms with E-state index in [4.69, 9.17) is 9.47 Å². The molecule has 2 aliphatic rings. The second-order valence-electron chi connectivity index (χ2n) is 14.4. The number of sulfonamides is 1. The van der Waals surface area contributed by atoms with E-state index >= 15 is 0 Å². The van der Waals surface area contributed by atoms with Crippen molar-refractivity contribution in [1.82, 2.24) is 20.3 Å². The zero-order valence-electron chi connectivity index (χ0n) is 29.5. The van der Waals surface area contributed by atoms with Gasteiger partial charge in [-0.25, -0.2) is 17.9 Å². The maximum Gasteiger partial charge on any atom is 0.407 e. The Bertz CT molecular complexity index is 2080. The molecule has 11 nitrogen and oxygen atoms in total. The topological polar surface area (TPSA) is 143 Å². The van der Waals surface area contributed by atoms with Crippen molar-refractivity contribution >= 4 is 38.7 Å². The number of carbonyl (C=O) groups is 3. The number of benzene rings is 4. The molecule has 272 valence electrons. The number of hydrogen-bond donors (Lipinski definition) is 3. The van der Waals surface area contributed by atoms with Gasteiger partial charge in [0.25, 0.3) is 15.9 Å². The van der Waals surface area contributed by atoms with E-state index < -0.39 is 56.9 Å². The maximum absolute atomic E-state index is 14.1. The van der Waals surface area contributed by atoms with Crippen LogP contribution < -0.4 is 20.1 Å². The van der Waals surface area contributed by atoms with Crippen molar-refractivity contribution in [3.63, 3.8) is 0 Å². The minimum atomic E-state index is -4.35. The molecule has 2 fully saturated rings. The van der Waals surface area contributed by atoms with Crippen LogP contribution in [0.3, 0.4) is 0 Å². The first kappa shape index (κ1) is 36.6. The van der Waals surface area contributed by atoms with Gasteiger partial charge in [0.2, 0.25) is 5.91 Å². The van der Waals surface area contributed by atoms with E-state index in [0.29, 0.717) is 18.8 Å². The summed E-state index contributed by atoms with van der Waals surface area (Å²) in [5.74, 6) is -2.32. The smallest absolute Gasteiger partial charge is 0.407 e. The van der Waals surface area contributed by atoms with Crippen LogP contribution >= 0.6 is 0 Å². The average Bonchev–Trinajstić information content (AvgIpc) is 3.69. The molecule has 1 saturated heterocycles. The van der Waals surface area contributed by atoms with Crippen molar-refractivity contribution in [2.75, 3.05) is 13.1 Å². The summed E-state index contributed by atoms with van der Waals surface area (Å²) < 4.78 is 40.5. The summed E-state index contributed by atoms with van der Waals surface area (Å²) in [5.41, 5.74) is -0.310. The van der Waals surface area contributed by atoms with Crippen LogP contribution in [0.15, 0.2) is 115 Å². The van der Waals surface area contributed by atoms with E-state index in [1.54, 1.807) is 26.8 Å². The molecule has 0 spiro atoms. The largest absolute Gasteiger partial charge is 0.489 e. The molecule has 0 radical (unpaired) electrons. The Morgan fingerprint density at radius 3 is 2.38 bits per heavy atom. The normalized spacial score (nSPS) is 21.6. The van der Waals surface area contributed by atoms with Gasteiger partial charge in [-0.3, -0.25) is 14.5 Å². The minimum absolute atomic E-state index is 0.162. The van der Waals surface area contributed by atoms with E-state index in [1.165, 1.54) is 24.3 Å². The maximum atomic E-state index is 14.1. The highest BCUT2D eigenvalue weighted by molar-refractivity contribution is 7.90.